The Morgan fingerprint density at radius 1 is 0.714 bits per heavy atom. The number of rotatable bonds is 1. The molecule has 21 heavy (non-hydrogen) atoms. The van der Waals surface area contributed by atoms with Crippen LogP contribution in [0.5, 0.6) is 0 Å². The van der Waals surface area contributed by atoms with Gasteiger partial charge in [-0.15, -0.1) is 0 Å². The molecule has 1 nitrogen and oxygen atoms in total. The van der Waals surface area contributed by atoms with Gasteiger partial charge in [-0.1, -0.05) is 68.5 Å². The molecule has 1 saturated carbocycles. The lowest BCUT2D eigenvalue weighted by Crippen LogP contribution is -2.04. The first-order valence-electron chi connectivity index (χ1n) is 8.37. The molecule has 0 aromatic heterocycles. The van der Waals surface area contributed by atoms with Gasteiger partial charge < -0.3 is 0 Å². The molecule has 107 valence electrons. The Balaban J connectivity index is 1.72. The fraction of sp³-hybridized carbons (Fsp3) is 0.400. The molecule has 1 heteroatoms. The lowest BCUT2D eigenvalue weighted by molar-refractivity contribution is 0.456. The molecule has 2 aromatic rings. The highest BCUT2D eigenvalue weighted by atomic mass is 14.9. The van der Waals surface area contributed by atoms with Crippen molar-refractivity contribution < 1.29 is 0 Å². The maximum absolute atomic E-state index is 4.94. The maximum Gasteiger partial charge on any atom is 0.0751 e. The zero-order chi connectivity index (χ0) is 14.1. The smallest absolute Gasteiger partial charge is 0.0751 e. The van der Waals surface area contributed by atoms with Crippen molar-refractivity contribution >= 4 is 11.4 Å². The Bertz CT molecular complexity index is 636. The van der Waals surface area contributed by atoms with E-state index >= 15 is 0 Å². The standard InChI is InChI=1S/C20H22N/c1-2-4-9-15(10-5-3-1)16-12-8-13-18-17-11-6-7-14-19(17)21-20(16)18/h6-8,11-15H,1-5,9-10H2. The first kappa shape index (κ1) is 12.9. The van der Waals surface area contributed by atoms with Crippen LogP contribution < -0.4 is 5.32 Å². The number of benzene rings is 2. The second kappa shape index (κ2) is 5.55. The van der Waals surface area contributed by atoms with Crippen molar-refractivity contribution in [2.75, 3.05) is 0 Å². The zero-order valence-electron chi connectivity index (χ0n) is 12.5. The van der Waals surface area contributed by atoms with Crippen LogP contribution in [-0.4, -0.2) is 0 Å². The van der Waals surface area contributed by atoms with Gasteiger partial charge in [0.15, 0.2) is 0 Å². The van der Waals surface area contributed by atoms with Gasteiger partial charge in [-0.2, -0.15) is 0 Å². The second-order valence-corrected chi connectivity index (χ2v) is 6.41. The molecule has 1 fully saturated rings. The van der Waals surface area contributed by atoms with Crippen molar-refractivity contribution in [3.63, 3.8) is 0 Å². The van der Waals surface area contributed by atoms with Gasteiger partial charge in [0.2, 0.25) is 0 Å². The largest absolute Gasteiger partial charge is 0.247 e. The predicted octanol–water partition coefficient (Wildman–Crippen LogP) is 6.06. The summed E-state index contributed by atoms with van der Waals surface area (Å²) in [6.07, 6.45) is 9.66. The summed E-state index contributed by atoms with van der Waals surface area (Å²) in [6, 6.07) is 15.3. The molecule has 2 aromatic carbocycles. The summed E-state index contributed by atoms with van der Waals surface area (Å²) in [5.74, 6) is 0.707. The summed E-state index contributed by atoms with van der Waals surface area (Å²) in [5, 5.41) is 4.94. The maximum atomic E-state index is 4.94. The van der Waals surface area contributed by atoms with Crippen LogP contribution in [0.15, 0.2) is 42.5 Å². The highest BCUT2D eigenvalue weighted by Gasteiger charge is 2.25. The lowest BCUT2D eigenvalue weighted by Gasteiger charge is -2.22. The fourth-order valence-electron chi connectivity index (χ4n) is 3.92. The summed E-state index contributed by atoms with van der Waals surface area (Å²) in [7, 11) is 0. The van der Waals surface area contributed by atoms with Crippen LogP contribution in [0.2, 0.25) is 0 Å². The van der Waals surface area contributed by atoms with Crippen LogP contribution in [0.3, 0.4) is 0 Å². The number of hydrogen-bond acceptors (Lipinski definition) is 0. The average molecular weight is 276 g/mol. The SMILES string of the molecule is c1ccc2c(c1)[N]c1c-2cccc1C1CCCCCCC1. The molecule has 0 bridgehead atoms. The number of nitrogens with zero attached hydrogens (tertiary/aromatic N) is 1. The van der Waals surface area contributed by atoms with Crippen molar-refractivity contribution in [1.82, 2.24) is 5.32 Å². The fourth-order valence-corrected chi connectivity index (χ4v) is 3.92. The van der Waals surface area contributed by atoms with Crippen LogP contribution in [0, 0.1) is 0 Å². The van der Waals surface area contributed by atoms with Crippen molar-refractivity contribution in [3.05, 3.63) is 48.0 Å². The highest BCUT2D eigenvalue weighted by molar-refractivity contribution is 5.92. The van der Waals surface area contributed by atoms with E-state index in [1.165, 1.54) is 67.3 Å². The summed E-state index contributed by atoms with van der Waals surface area (Å²) in [4.78, 5) is 0. The molecule has 2 aliphatic rings. The van der Waals surface area contributed by atoms with Gasteiger partial charge in [-0.25, -0.2) is 5.32 Å². The summed E-state index contributed by atoms with van der Waals surface area (Å²) in [6.45, 7) is 0. The first-order chi connectivity index (χ1) is 10.4. The molecule has 0 N–H and O–H groups in total. The summed E-state index contributed by atoms with van der Waals surface area (Å²) >= 11 is 0. The van der Waals surface area contributed by atoms with E-state index in [1.54, 1.807) is 0 Å². The van der Waals surface area contributed by atoms with E-state index in [0.29, 0.717) is 5.92 Å². The molecule has 0 spiro atoms. The molecule has 0 atom stereocenters. The van der Waals surface area contributed by atoms with E-state index in [4.69, 9.17) is 5.32 Å². The van der Waals surface area contributed by atoms with E-state index in [0.717, 1.165) is 5.69 Å². The minimum atomic E-state index is 0.707. The van der Waals surface area contributed by atoms with Crippen LogP contribution in [0.25, 0.3) is 11.1 Å². The molecular formula is C20H22N. The van der Waals surface area contributed by atoms with Crippen LogP contribution in [0.1, 0.15) is 56.4 Å². The molecule has 1 radical (unpaired) electrons. The minimum absolute atomic E-state index is 0.707. The Morgan fingerprint density at radius 3 is 2.29 bits per heavy atom. The zero-order valence-corrected chi connectivity index (χ0v) is 12.5. The van der Waals surface area contributed by atoms with Gasteiger partial charge in [0.1, 0.15) is 0 Å². The van der Waals surface area contributed by atoms with Crippen molar-refractivity contribution in [2.45, 2.75) is 50.9 Å². The molecule has 0 amide bonds. The minimum Gasteiger partial charge on any atom is -0.247 e. The molecule has 1 aliphatic carbocycles. The molecular weight excluding hydrogens is 254 g/mol. The normalized spacial score (nSPS) is 18.3. The van der Waals surface area contributed by atoms with Crippen LogP contribution in [-0.2, 0) is 0 Å². The van der Waals surface area contributed by atoms with E-state index in [-0.39, 0.29) is 0 Å². The lowest BCUT2D eigenvalue weighted by atomic mass is 9.84. The van der Waals surface area contributed by atoms with E-state index < -0.39 is 0 Å². The van der Waals surface area contributed by atoms with Gasteiger partial charge in [-0.3, -0.25) is 0 Å². The number of hydrogen-bond donors (Lipinski definition) is 0. The van der Waals surface area contributed by atoms with E-state index in [9.17, 15) is 0 Å². The topological polar surface area (TPSA) is 14.1 Å². The van der Waals surface area contributed by atoms with Crippen molar-refractivity contribution in [1.29, 1.82) is 0 Å². The van der Waals surface area contributed by atoms with Gasteiger partial charge >= 0.3 is 0 Å². The Morgan fingerprint density at radius 2 is 1.43 bits per heavy atom. The van der Waals surface area contributed by atoms with Gasteiger partial charge in [0, 0.05) is 11.1 Å². The Labute approximate surface area is 127 Å². The van der Waals surface area contributed by atoms with Crippen LogP contribution in [0.4, 0.5) is 11.4 Å². The highest BCUT2D eigenvalue weighted by Crippen LogP contribution is 2.47. The molecule has 1 heterocycles. The van der Waals surface area contributed by atoms with E-state index in [1.807, 2.05) is 0 Å². The van der Waals surface area contributed by atoms with Gasteiger partial charge in [-0.05, 0) is 30.4 Å². The summed E-state index contributed by atoms with van der Waals surface area (Å²) < 4.78 is 0. The van der Waals surface area contributed by atoms with Crippen molar-refractivity contribution in [2.24, 2.45) is 0 Å². The summed E-state index contributed by atoms with van der Waals surface area (Å²) in [5.41, 5.74) is 6.53. The Hall–Kier alpha value is -1.76. The monoisotopic (exact) mass is 276 g/mol. The quantitative estimate of drug-likeness (QED) is 0.512. The molecule has 4 rings (SSSR count). The number of fused-ring (bicyclic) bond motifs is 3. The van der Waals surface area contributed by atoms with Crippen LogP contribution >= 0.6 is 0 Å². The molecule has 0 unspecified atom stereocenters. The third-order valence-electron chi connectivity index (χ3n) is 5.04. The Kier molecular flexibility index (Phi) is 3.42. The molecule has 0 saturated heterocycles. The first-order valence-corrected chi connectivity index (χ1v) is 8.37. The van der Waals surface area contributed by atoms with E-state index in [2.05, 4.69) is 42.5 Å². The average Bonchev–Trinajstić information content (AvgIpc) is 2.86. The third-order valence-corrected chi connectivity index (χ3v) is 5.04. The predicted molar refractivity (Wildman–Crippen MR) is 88.4 cm³/mol. The second-order valence-electron chi connectivity index (χ2n) is 6.41. The van der Waals surface area contributed by atoms with Gasteiger partial charge in [0.05, 0.1) is 11.4 Å². The third kappa shape index (κ3) is 2.35. The molecule has 1 aliphatic heterocycles. The van der Waals surface area contributed by atoms with Crippen molar-refractivity contribution in [3.8, 4) is 11.1 Å². The number of para-hydroxylation sites is 2. The van der Waals surface area contributed by atoms with Gasteiger partial charge in [0.25, 0.3) is 0 Å².